The van der Waals surface area contributed by atoms with Crippen LogP contribution in [0.3, 0.4) is 0 Å². The number of benzene rings is 2. The Bertz CT molecular complexity index is 1000. The summed E-state index contributed by atoms with van der Waals surface area (Å²) in [6.07, 6.45) is 2.80. The summed E-state index contributed by atoms with van der Waals surface area (Å²) in [7, 11) is 0. The monoisotopic (exact) mass is 464 g/mol. The average Bonchev–Trinajstić information content (AvgIpc) is 3.12. The van der Waals surface area contributed by atoms with Gasteiger partial charge in [0.05, 0.1) is 12.3 Å². The summed E-state index contributed by atoms with van der Waals surface area (Å²) < 4.78 is 5.60. The first kappa shape index (κ1) is 23.8. The van der Waals surface area contributed by atoms with E-state index in [9.17, 15) is 14.4 Å². The Morgan fingerprint density at radius 3 is 2.18 bits per heavy atom. The number of nitrogens with one attached hydrogen (secondary N) is 2. The van der Waals surface area contributed by atoms with Gasteiger partial charge in [0.15, 0.2) is 0 Å². The van der Waals surface area contributed by atoms with Crippen LogP contribution in [0, 0.1) is 11.8 Å². The zero-order valence-corrected chi connectivity index (χ0v) is 19.5. The van der Waals surface area contributed by atoms with Gasteiger partial charge in [-0.15, -0.1) is 0 Å². The summed E-state index contributed by atoms with van der Waals surface area (Å²) in [5.74, 6) is -1.36. The Morgan fingerprint density at radius 1 is 1.03 bits per heavy atom. The molecule has 2 atom stereocenters. The van der Waals surface area contributed by atoms with E-state index in [1.54, 1.807) is 0 Å². The number of rotatable bonds is 10. The lowest BCUT2D eigenvalue weighted by Gasteiger charge is -2.33. The van der Waals surface area contributed by atoms with Crippen LogP contribution < -0.4 is 10.6 Å². The fraction of sp³-hybridized carbons (Fsp3) is 0.444. The van der Waals surface area contributed by atoms with Crippen LogP contribution in [-0.2, 0) is 14.3 Å². The number of amides is 2. The first-order valence-corrected chi connectivity index (χ1v) is 12.1. The van der Waals surface area contributed by atoms with Crippen molar-refractivity contribution in [3.63, 3.8) is 0 Å². The zero-order chi connectivity index (χ0) is 24.1. The summed E-state index contributed by atoms with van der Waals surface area (Å²) in [5.41, 5.74) is 4.63. The van der Waals surface area contributed by atoms with E-state index in [2.05, 4.69) is 34.9 Å². The van der Waals surface area contributed by atoms with Crippen molar-refractivity contribution in [2.75, 3.05) is 13.2 Å². The van der Waals surface area contributed by atoms with Gasteiger partial charge < -0.3 is 20.5 Å². The van der Waals surface area contributed by atoms with Gasteiger partial charge in [0, 0.05) is 18.5 Å². The molecule has 34 heavy (non-hydrogen) atoms. The molecular formula is C27H32N2O5. The molecule has 1 unspecified atom stereocenters. The molecule has 2 amide bonds. The van der Waals surface area contributed by atoms with Gasteiger partial charge in [-0.1, -0.05) is 61.9 Å². The number of hydrogen-bond acceptors (Lipinski definition) is 4. The van der Waals surface area contributed by atoms with Crippen LogP contribution in [0.25, 0.3) is 11.1 Å². The summed E-state index contributed by atoms with van der Waals surface area (Å²) in [4.78, 5) is 36.5. The van der Waals surface area contributed by atoms with Crippen LogP contribution in [0.1, 0.15) is 56.1 Å². The van der Waals surface area contributed by atoms with Crippen LogP contribution in [0.5, 0.6) is 0 Å². The molecule has 2 aromatic carbocycles. The molecule has 4 rings (SSSR count). The second kappa shape index (κ2) is 10.7. The van der Waals surface area contributed by atoms with Crippen molar-refractivity contribution in [2.45, 2.75) is 51.0 Å². The fourth-order valence-corrected chi connectivity index (χ4v) is 4.97. The maximum absolute atomic E-state index is 12.9. The number of carboxylic acids is 1. The Labute approximate surface area is 199 Å². The van der Waals surface area contributed by atoms with Gasteiger partial charge in [-0.3, -0.25) is 9.59 Å². The minimum atomic E-state index is -0.941. The maximum atomic E-state index is 12.9. The molecule has 0 spiro atoms. The van der Waals surface area contributed by atoms with E-state index in [1.165, 1.54) is 11.1 Å². The first-order valence-electron chi connectivity index (χ1n) is 12.1. The van der Waals surface area contributed by atoms with Crippen molar-refractivity contribution >= 4 is 18.0 Å². The molecule has 1 fully saturated rings. The second-order valence-corrected chi connectivity index (χ2v) is 9.22. The summed E-state index contributed by atoms with van der Waals surface area (Å²) in [5, 5.41) is 14.7. The van der Waals surface area contributed by atoms with E-state index < -0.39 is 24.0 Å². The van der Waals surface area contributed by atoms with E-state index in [1.807, 2.05) is 31.2 Å². The quantitative estimate of drug-likeness (QED) is 0.486. The molecule has 2 aliphatic rings. The number of aliphatic carboxylic acids is 1. The highest BCUT2D eigenvalue weighted by Crippen LogP contribution is 2.44. The molecule has 1 saturated carbocycles. The number of carbonyl (C=O) groups is 3. The molecule has 2 aliphatic carbocycles. The van der Waals surface area contributed by atoms with Gasteiger partial charge in [-0.05, 0) is 47.4 Å². The Kier molecular flexibility index (Phi) is 7.50. The van der Waals surface area contributed by atoms with Crippen LogP contribution in [0.2, 0.25) is 0 Å². The third-order valence-corrected chi connectivity index (χ3v) is 7.13. The van der Waals surface area contributed by atoms with Gasteiger partial charge in [0.2, 0.25) is 5.91 Å². The van der Waals surface area contributed by atoms with Gasteiger partial charge in [-0.2, -0.15) is 0 Å². The topological polar surface area (TPSA) is 105 Å². The number of ether oxygens (including phenoxy) is 1. The fourth-order valence-electron chi connectivity index (χ4n) is 4.97. The molecule has 2 aromatic rings. The minimum Gasteiger partial charge on any atom is -0.481 e. The van der Waals surface area contributed by atoms with E-state index in [0.717, 1.165) is 30.4 Å². The van der Waals surface area contributed by atoms with Crippen molar-refractivity contribution in [1.29, 1.82) is 0 Å². The highest BCUT2D eigenvalue weighted by atomic mass is 16.5. The Hall–Kier alpha value is -3.35. The molecule has 7 nitrogen and oxygen atoms in total. The normalized spacial score (nSPS) is 16.5. The van der Waals surface area contributed by atoms with E-state index in [-0.39, 0.29) is 37.3 Å². The average molecular weight is 465 g/mol. The molecule has 0 heterocycles. The Morgan fingerprint density at radius 2 is 1.65 bits per heavy atom. The van der Waals surface area contributed by atoms with Gasteiger partial charge in [0.25, 0.3) is 0 Å². The molecule has 180 valence electrons. The molecular weight excluding hydrogens is 432 g/mol. The minimum absolute atomic E-state index is 0.0230. The van der Waals surface area contributed by atoms with Crippen molar-refractivity contribution < 1.29 is 24.2 Å². The van der Waals surface area contributed by atoms with Crippen molar-refractivity contribution in [3.8, 4) is 11.1 Å². The molecule has 0 saturated heterocycles. The third kappa shape index (κ3) is 5.24. The second-order valence-electron chi connectivity index (χ2n) is 9.22. The van der Waals surface area contributed by atoms with Crippen LogP contribution in [0.15, 0.2) is 48.5 Å². The summed E-state index contributed by atoms with van der Waals surface area (Å²) in [6, 6.07) is 15.9. The first-order chi connectivity index (χ1) is 16.5. The highest BCUT2D eigenvalue weighted by molar-refractivity contribution is 5.81. The highest BCUT2D eigenvalue weighted by Gasteiger charge is 2.34. The number of hydrogen-bond donors (Lipinski definition) is 3. The number of carbonyl (C=O) groups excluding carboxylic acids is 2. The molecule has 0 radical (unpaired) electrons. The summed E-state index contributed by atoms with van der Waals surface area (Å²) in [6.45, 7) is 2.24. The molecule has 3 N–H and O–H groups in total. The van der Waals surface area contributed by atoms with Crippen LogP contribution in [0.4, 0.5) is 4.79 Å². The van der Waals surface area contributed by atoms with Crippen LogP contribution in [-0.4, -0.2) is 42.3 Å². The van der Waals surface area contributed by atoms with Gasteiger partial charge >= 0.3 is 12.1 Å². The number of carboxylic acid groups (broad SMARTS) is 1. The van der Waals surface area contributed by atoms with Crippen molar-refractivity contribution in [2.24, 2.45) is 11.8 Å². The lowest BCUT2D eigenvalue weighted by Crippen LogP contribution is -2.47. The molecule has 0 bridgehead atoms. The van der Waals surface area contributed by atoms with Gasteiger partial charge in [0.1, 0.15) is 6.61 Å². The standard InChI is InChI=1S/C27H32N2O5/c1-2-18(14-25(30)31)29-26(32)23(17-8-7-9-17)15-28-27(33)34-16-24-21-12-5-3-10-19(21)20-11-4-6-13-22(20)24/h3-6,10-13,17-18,23-24H,2,7-9,14-16H2,1H3,(H,28,33)(H,29,32)(H,30,31)/t18-,23?/m0/s1. The largest absolute Gasteiger partial charge is 0.481 e. The van der Waals surface area contributed by atoms with Gasteiger partial charge in [-0.25, -0.2) is 4.79 Å². The van der Waals surface area contributed by atoms with Crippen molar-refractivity contribution in [1.82, 2.24) is 10.6 Å². The lowest BCUT2D eigenvalue weighted by atomic mass is 9.75. The smallest absolute Gasteiger partial charge is 0.407 e. The van der Waals surface area contributed by atoms with E-state index >= 15 is 0 Å². The van der Waals surface area contributed by atoms with Crippen molar-refractivity contribution in [3.05, 3.63) is 59.7 Å². The SMILES string of the molecule is CC[C@@H](CC(=O)O)NC(=O)C(CNC(=O)OCC1c2ccccc2-c2ccccc21)C1CCC1. The molecule has 7 heteroatoms. The van der Waals surface area contributed by atoms with E-state index in [4.69, 9.17) is 9.84 Å². The zero-order valence-electron chi connectivity index (χ0n) is 19.5. The third-order valence-electron chi connectivity index (χ3n) is 7.13. The maximum Gasteiger partial charge on any atom is 0.407 e. The lowest BCUT2D eigenvalue weighted by molar-refractivity contribution is -0.138. The number of alkyl carbamates (subject to hydrolysis) is 1. The van der Waals surface area contributed by atoms with E-state index in [0.29, 0.717) is 6.42 Å². The Balaban J connectivity index is 1.34. The van der Waals surface area contributed by atoms with Crippen LogP contribution >= 0.6 is 0 Å². The number of fused-ring (bicyclic) bond motifs is 3. The summed E-state index contributed by atoms with van der Waals surface area (Å²) >= 11 is 0. The molecule has 0 aliphatic heterocycles. The molecule has 0 aromatic heterocycles. The predicted molar refractivity (Wildman–Crippen MR) is 128 cm³/mol. The predicted octanol–water partition coefficient (Wildman–Crippen LogP) is 4.31.